The minimum absolute atomic E-state index is 0.103. The Morgan fingerprint density at radius 2 is 2.08 bits per heavy atom. The lowest BCUT2D eigenvalue weighted by Crippen LogP contribution is -2.49. The molecule has 0 radical (unpaired) electrons. The van der Waals surface area contributed by atoms with Crippen molar-refractivity contribution in [3.63, 3.8) is 0 Å². The number of aliphatic hydroxyl groups excluding tert-OH is 1. The molecule has 3 atom stereocenters. The first-order valence-corrected chi connectivity index (χ1v) is 9.96. The molecule has 3 rings (SSSR count). The van der Waals surface area contributed by atoms with Gasteiger partial charge in [0.15, 0.2) is 0 Å². The SMILES string of the molecule is CCCCC[C@H](O)/C=C/[C@H]1OC2CC(C2)[C@@H]1C/C=C\CCCC(=O)[O-]. The Hall–Kier alpha value is -1.13. The molecule has 2 heterocycles. The van der Waals surface area contributed by atoms with Gasteiger partial charge in [-0.3, -0.25) is 0 Å². The van der Waals surface area contributed by atoms with E-state index in [4.69, 9.17) is 4.74 Å². The standard InChI is InChI=1S/C21H34O4/c1-2-3-6-9-17(22)12-13-20-19(16-14-18(15-16)25-20)10-7-4-5-8-11-21(23)24/h4,7,12-13,16-20,22H,2-3,5-6,8-11,14-15H2,1H3,(H,23,24)/p-1/b7-4-,13-12+/t16?,17-,18?,19-,20+/m0/s1. The first kappa shape index (κ1) is 20.2. The Labute approximate surface area is 152 Å². The van der Waals surface area contributed by atoms with E-state index in [1.165, 1.54) is 12.8 Å². The van der Waals surface area contributed by atoms with Crippen LogP contribution in [0.4, 0.5) is 0 Å². The van der Waals surface area contributed by atoms with Crippen molar-refractivity contribution in [2.45, 2.75) is 89.4 Å². The van der Waals surface area contributed by atoms with E-state index in [9.17, 15) is 15.0 Å². The third-order valence-corrected chi connectivity index (χ3v) is 5.46. The normalized spacial score (nSPS) is 29.8. The van der Waals surface area contributed by atoms with Gasteiger partial charge in [0.1, 0.15) is 0 Å². The third kappa shape index (κ3) is 6.95. The van der Waals surface area contributed by atoms with Crippen LogP contribution in [0.3, 0.4) is 0 Å². The number of carbonyl (C=O) groups excluding carboxylic acids is 1. The Bertz CT molecular complexity index is 451. The van der Waals surface area contributed by atoms with E-state index in [-0.39, 0.29) is 18.6 Å². The minimum atomic E-state index is -0.975. The van der Waals surface area contributed by atoms with Crippen molar-refractivity contribution in [3.8, 4) is 0 Å². The molecule has 25 heavy (non-hydrogen) atoms. The van der Waals surface area contributed by atoms with Gasteiger partial charge in [0.25, 0.3) is 0 Å². The largest absolute Gasteiger partial charge is 0.550 e. The number of aliphatic hydroxyl groups is 1. The van der Waals surface area contributed by atoms with Crippen molar-refractivity contribution in [1.82, 2.24) is 0 Å². The summed E-state index contributed by atoms with van der Waals surface area (Å²) >= 11 is 0. The zero-order chi connectivity index (χ0) is 18.1. The number of carbonyl (C=O) groups is 1. The summed E-state index contributed by atoms with van der Waals surface area (Å²) in [6.07, 6.45) is 17.4. The number of ether oxygens (including phenoxy) is 1. The van der Waals surface area contributed by atoms with Gasteiger partial charge in [0.05, 0.1) is 18.3 Å². The number of carboxylic acids is 1. The number of carboxylic acid groups (broad SMARTS) is 1. The highest BCUT2D eigenvalue weighted by molar-refractivity contribution is 5.64. The lowest BCUT2D eigenvalue weighted by Gasteiger charge is -2.50. The maximum absolute atomic E-state index is 10.4. The Balaban J connectivity index is 1.76. The van der Waals surface area contributed by atoms with Crippen LogP contribution in [0.15, 0.2) is 24.3 Å². The fourth-order valence-electron chi connectivity index (χ4n) is 3.85. The van der Waals surface area contributed by atoms with Crippen LogP contribution >= 0.6 is 0 Å². The molecular formula is C21H33O4-. The molecule has 4 heteroatoms. The summed E-state index contributed by atoms with van der Waals surface area (Å²) in [5.41, 5.74) is 0. The second-order valence-electron chi connectivity index (χ2n) is 7.54. The molecule has 0 spiro atoms. The summed E-state index contributed by atoms with van der Waals surface area (Å²) in [6, 6.07) is 0. The van der Waals surface area contributed by atoms with Crippen LogP contribution in [-0.2, 0) is 9.53 Å². The highest BCUT2D eigenvalue weighted by Gasteiger charge is 2.45. The maximum atomic E-state index is 10.4. The monoisotopic (exact) mass is 349 g/mol. The predicted octanol–water partition coefficient (Wildman–Crippen LogP) is 3.14. The molecular weight excluding hydrogens is 316 g/mol. The zero-order valence-electron chi connectivity index (χ0n) is 15.4. The number of hydrogen-bond donors (Lipinski definition) is 1. The first-order chi connectivity index (χ1) is 12.1. The average molecular weight is 349 g/mol. The molecule has 0 aromatic carbocycles. The van der Waals surface area contributed by atoms with Crippen LogP contribution in [0.5, 0.6) is 0 Å². The summed E-state index contributed by atoms with van der Waals surface area (Å²) in [4.78, 5) is 10.4. The van der Waals surface area contributed by atoms with E-state index < -0.39 is 5.97 Å². The average Bonchev–Trinajstić information content (AvgIpc) is 2.55. The molecule has 3 aliphatic rings. The molecule has 2 saturated heterocycles. The van der Waals surface area contributed by atoms with Crippen molar-refractivity contribution >= 4 is 5.97 Å². The molecule has 2 bridgehead atoms. The molecule has 0 aromatic heterocycles. The van der Waals surface area contributed by atoms with Crippen LogP contribution in [0.25, 0.3) is 0 Å². The molecule has 1 aliphatic carbocycles. The smallest absolute Gasteiger partial charge is 0.0794 e. The fraction of sp³-hybridized carbons (Fsp3) is 0.762. The number of unbranched alkanes of at least 4 members (excludes halogenated alkanes) is 3. The lowest BCUT2D eigenvalue weighted by molar-refractivity contribution is -0.305. The molecule has 1 N–H and O–H groups in total. The number of rotatable bonds is 12. The van der Waals surface area contributed by atoms with Gasteiger partial charge in [-0.2, -0.15) is 0 Å². The highest BCUT2D eigenvalue weighted by Crippen LogP contribution is 2.46. The van der Waals surface area contributed by atoms with Gasteiger partial charge < -0.3 is 19.7 Å². The van der Waals surface area contributed by atoms with Crippen LogP contribution in [0, 0.1) is 11.8 Å². The highest BCUT2D eigenvalue weighted by atomic mass is 16.5. The van der Waals surface area contributed by atoms with Gasteiger partial charge in [-0.05, 0) is 56.8 Å². The van der Waals surface area contributed by atoms with Gasteiger partial charge >= 0.3 is 0 Å². The van der Waals surface area contributed by atoms with Gasteiger partial charge in [0, 0.05) is 5.97 Å². The summed E-state index contributed by atoms with van der Waals surface area (Å²) in [5, 5.41) is 20.5. The van der Waals surface area contributed by atoms with Crippen LogP contribution in [-0.4, -0.2) is 29.4 Å². The summed E-state index contributed by atoms with van der Waals surface area (Å²) < 4.78 is 6.13. The minimum Gasteiger partial charge on any atom is -0.550 e. The quantitative estimate of drug-likeness (QED) is 0.434. The molecule has 2 aliphatic heterocycles. The second kappa shape index (κ2) is 10.8. The van der Waals surface area contributed by atoms with E-state index >= 15 is 0 Å². The lowest BCUT2D eigenvalue weighted by atomic mass is 9.67. The third-order valence-electron chi connectivity index (χ3n) is 5.46. The van der Waals surface area contributed by atoms with Crippen LogP contribution in [0.2, 0.25) is 0 Å². The molecule has 142 valence electrons. The topological polar surface area (TPSA) is 69.6 Å². The molecule has 0 aromatic rings. The Morgan fingerprint density at radius 3 is 2.80 bits per heavy atom. The van der Waals surface area contributed by atoms with E-state index in [1.54, 1.807) is 0 Å². The molecule has 0 amide bonds. The van der Waals surface area contributed by atoms with E-state index in [0.717, 1.165) is 44.4 Å². The first-order valence-electron chi connectivity index (χ1n) is 9.96. The predicted molar refractivity (Wildman–Crippen MR) is 96.8 cm³/mol. The number of hydrogen-bond acceptors (Lipinski definition) is 4. The van der Waals surface area contributed by atoms with Crippen molar-refractivity contribution < 1.29 is 19.7 Å². The van der Waals surface area contributed by atoms with Gasteiger partial charge in [-0.25, -0.2) is 0 Å². The summed E-state index contributed by atoms with van der Waals surface area (Å²) in [6.45, 7) is 2.17. The van der Waals surface area contributed by atoms with Crippen LogP contribution < -0.4 is 5.11 Å². The van der Waals surface area contributed by atoms with E-state index in [1.807, 2.05) is 6.08 Å². The van der Waals surface area contributed by atoms with Gasteiger partial charge in [-0.1, -0.05) is 50.5 Å². The van der Waals surface area contributed by atoms with Crippen molar-refractivity contribution in [2.24, 2.45) is 11.8 Å². The number of aliphatic carboxylic acids is 1. The van der Waals surface area contributed by atoms with Crippen LogP contribution in [0.1, 0.15) is 71.1 Å². The molecule has 4 nitrogen and oxygen atoms in total. The number of fused-ring (bicyclic) bond motifs is 2. The van der Waals surface area contributed by atoms with E-state index in [0.29, 0.717) is 18.4 Å². The van der Waals surface area contributed by atoms with Crippen molar-refractivity contribution in [3.05, 3.63) is 24.3 Å². The zero-order valence-corrected chi connectivity index (χ0v) is 15.4. The summed E-state index contributed by atoms with van der Waals surface area (Å²) in [7, 11) is 0. The molecule has 0 unspecified atom stereocenters. The number of allylic oxidation sites excluding steroid dienone is 2. The van der Waals surface area contributed by atoms with Crippen molar-refractivity contribution in [1.29, 1.82) is 0 Å². The summed E-state index contributed by atoms with van der Waals surface area (Å²) in [5.74, 6) is 0.220. The Morgan fingerprint density at radius 1 is 1.28 bits per heavy atom. The van der Waals surface area contributed by atoms with Gasteiger partial charge in [-0.15, -0.1) is 0 Å². The fourth-order valence-corrected chi connectivity index (χ4v) is 3.85. The van der Waals surface area contributed by atoms with Crippen molar-refractivity contribution in [2.75, 3.05) is 0 Å². The van der Waals surface area contributed by atoms with Gasteiger partial charge in [0.2, 0.25) is 0 Å². The second-order valence-corrected chi connectivity index (χ2v) is 7.54. The molecule has 3 fully saturated rings. The molecule has 1 saturated carbocycles. The van der Waals surface area contributed by atoms with E-state index in [2.05, 4.69) is 25.2 Å². The Kier molecular flexibility index (Phi) is 8.70. The maximum Gasteiger partial charge on any atom is 0.0794 e.